The second kappa shape index (κ2) is 6.30. The van der Waals surface area contributed by atoms with E-state index in [1.54, 1.807) is 18.2 Å². The van der Waals surface area contributed by atoms with Crippen LogP contribution in [0.3, 0.4) is 0 Å². The molecule has 1 aliphatic rings. The topological polar surface area (TPSA) is 84.9 Å². The van der Waals surface area contributed by atoms with Crippen molar-refractivity contribution < 1.29 is 23.9 Å². The van der Waals surface area contributed by atoms with Crippen molar-refractivity contribution in [2.75, 3.05) is 20.8 Å². The first kappa shape index (κ1) is 15.6. The molecule has 116 valence electrons. The first-order valence-electron chi connectivity index (χ1n) is 6.52. The molecule has 0 aromatic heterocycles. The molecule has 7 nitrogen and oxygen atoms in total. The van der Waals surface area contributed by atoms with Gasteiger partial charge in [0.1, 0.15) is 23.7 Å². The third kappa shape index (κ3) is 3.08. The third-order valence-electron chi connectivity index (χ3n) is 3.17. The van der Waals surface area contributed by atoms with E-state index >= 15 is 0 Å². The Morgan fingerprint density at radius 1 is 1.27 bits per heavy atom. The van der Waals surface area contributed by atoms with E-state index in [0.717, 1.165) is 4.90 Å². The maximum absolute atomic E-state index is 12.2. The summed E-state index contributed by atoms with van der Waals surface area (Å²) in [5.74, 6) is -0.385. The zero-order valence-electron chi connectivity index (χ0n) is 12.5. The highest BCUT2D eigenvalue weighted by molar-refractivity contribution is 6.12. The molecule has 1 aromatic rings. The number of benzene rings is 1. The molecule has 0 atom stereocenters. The molecule has 1 aliphatic heterocycles. The number of methoxy groups -OCH3 is 2. The number of nitrogens with one attached hydrogen (secondary N) is 1. The number of nitrogens with zero attached hydrogens (tertiary/aromatic N) is 1. The Kier molecular flexibility index (Phi) is 4.45. The maximum atomic E-state index is 12.2. The van der Waals surface area contributed by atoms with Crippen LogP contribution < -0.4 is 14.8 Å². The Balaban J connectivity index is 2.44. The van der Waals surface area contributed by atoms with E-state index in [9.17, 15) is 14.4 Å². The fraction of sp³-hybridized carbons (Fsp3) is 0.267. The number of carbonyl (C=O) groups is 3. The summed E-state index contributed by atoms with van der Waals surface area (Å²) in [7, 11) is 3.01. The minimum absolute atomic E-state index is 0.0120. The Labute approximate surface area is 127 Å². The van der Waals surface area contributed by atoms with Gasteiger partial charge in [-0.15, -0.1) is 0 Å². The number of imide groups is 1. The van der Waals surface area contributed by atoms with Gasteiger partial charge in [-0.25, -0.2) is 0 Å². The largest absolute Gasteiger partial charge is 0.497 e. The van der Waals surface area contributed by atoms with Gasteiger partial charge in [0.25, 0.3) is 5.91 Å². The SMILES string of the molecule is COc1ccc(OC)c(C=C2NC(=O)CN(C(C)=O)C2=O)c1. The molecular formula is C15H16N2O5. The molecule has 1 saturated heterocycles. The number of hydrogen-bond acceptors (Lipinski definition) is 5. The number of carbonyl (C=O) groups excluding carboxylic acids is 3. The summed E-state index contributed by atoms with van der Waals surface area (Å²) in [6, 6.07) is 5.06. The molecular weight excluding hydrogens is 288 g/mol. The predicted molar refractivity (Wildman–Crippen MR) is 78.1 cm³/mol. The van der Waals surface area contributed by atoms with Crippen molar-refractivity contribution in [3.8, 4) is 11.5 Å². The molecule has 1 fully saturated rings. The number of piperazine rings is 1. The van der Waals surface area contributed by atoms with Crippen molar-refractivity contribution in [1.82, 2.24) is 10.2 Å². The van der Waals surface area contributed by atoms with Crippen LogP contribution in [-0.4, -0.2) is 43.4 Å². The van der Waals surface area contributed by atoms with Gasteiger partial charge in [0.05, 0.1) is 14.2 Å². The standard InChI is InChI=1S/C15H16N2O5/c1-9(18)17-8-14(19)16-12(15(17)20)7-10-6-11(21-2)4-5-13(10)22-3/h4-7H,8H2,1-3H3,(H,16,19). The highest BCUT2D eigenvalue weighted by Crippen LogP contribution is 2.26. The lowest BCUT2D eigenvalue weighted by Crippen LogP contribution is -2.51. The number of ether oxygens (including phenoxy) is 2. The number of hydrogen-bond donors (Lipinski definition) is 1. The average molecular weight is 304 g/mol. The van der Waals surface area contributed by atoms with Crippen molar-refractivity contribution >= 4 is 23.8 Å². The van der Waals surface area contributed by atoms with Crippen molar-refractivity contribution in [3.63, 3.8) is 0 Å². The molecule has 1 aromatic carbocycles. The summed E-state index contributed by atoms with van der Waals surface area (Å²) in [5, 5.41) is 2.47. The fourth-order valence-electron chi connectivity index (χ4n) is 2.06. The van der Waals surface area contributed by atoms with Gasteiger partial charge in [-0.2, -0.15) is 0 Å². The van der Waals surface area contributed by atoms with Gasteiger partial charge in [-0.3, -0.25) is 19.3 Å². The van der Waals surface area contributed by atoms with Crippen LogP contribution in [-0.2, 0) is 14.4 Å². The van der Waals surface area contributed by atoms with E-state index in [2.05, 4.69) is 5.32 Å². The molecule has 0 radical (unpaired) electrons. The van der Waals surface area contributed by atoms with Crippen LogP contribution >= 0.6 is 0 Å². The van der Waals surface area contributed by atoms with Gasteiger partial charge < -0.3 is 14.8 Å². The van der Waals surface area contributed by atoms with Crippen molar-refractivity contribution in [1.29, 1.82) is 0 Å². The lowest BCUT2D eigenvalue weighted by Gasteiger charge is -2.25. The highest BCUT2D eigenvalue weighted by Gasteiger charge is 2.30. The second-order valence-corrected chi connectivity index (χ2v) is 4.62. The first-order chi connectivity index (χ1) is 10.5. The van der Waals surface area contributed by atoms with Crippen LogP contribution in [0.2, 0.25) is 0 Å². The minimum atomic E-state index is -0.558. The van der Waals surface area contributed by atoms with Crippen LogP contribution in [0.15, 0.2) is 23.9 Å². The lowest BCUT2D eigenvalue weighted by molar-refractivity contribution is -0.147. The molecule has 0 aliphatic carbocycles. The normalized spacial score (nSPS) is 16.5. The first-order valence-corrected chi connectivity index (χ1v) is 6.52. The van der Waals surface area contributed by atoms with Crippen LogP contribution in [0.4, 0.5) is 0 Å². The van der Waals surface area contributed by atoms with Crippen LogP contribution in [0.1, 0.15) is 12.5 Å². The van der Waals surface area contributed by atoms with E-state index in [-0.39, 0.29) is 12.2 Å². The number of rotatable bonds is 3. The van der Waals surface area contributed by atoms with E-state index < -0.39 is 17.7 Å². The van der Waals surface area contributed by atoms with E-state index in [4.69, 9.17) is 9.47 Å². The second-order valence-electron chi connectivity index (χ2n) is 4.62. The molecule has 2 rings (SSSR count). The summed E-state index contributed by atoms with van der Waals surface area (Å²) < 4.78 is 10.3. The van der Waals surface area contributed by atoms with E-state index in [1.807, 2.05) is 0 Å². The molecule has 22 heavy (non-hydrogen) atoms. The maximum Gasteiger partial charge on any atom is 0.277 e. The monoisotopic (exact) mass is 304 g/mol. The van der Waals surface area contributed by atoms with Gasteiger partial charge in [0, 0.05) is 12.5 Å². The highest BCUT2D eigenvalue weighted by atomic mass is 16.5. The Bertz CT molecular complexity index is 666. The molecule has 1 heterocycles. The number of amides is 3. The van der Waals surface area contributed by atoms with Crippen LogP contribution in [0.5, 0.6) is 11.5 Å². The van der Waals surface area contributed by atoms with E-state index in [1.165, 1.54) is 27.2 Å². The Hall–Kier alpha value is -2.83. The molecule has 0 bridgehead atoms. The summed E-state index contributed by atoms with van der Waals surface area (Å²) in [4.78, 5) is 36.2. The van der Waals surface area contributed by atoms with Crippen molar-refractivity contribution in [2.45, 2.75) is 6.92 Å². The van der Waals surface area contributed by atoms with Gasteiger partial charge in [0.2, 0.25) is 11.8 Å². The molecule has 0 unspecified atom stereocenters. The summed E-state index contributed by atoms with van der Waals surface area (Å²) >= 11 is 0. The van der Waals surface area contributed by atoms with Crippen molar-refractivity contribution in [3.05, 3.63) is 29.5 Å². The van der Waals surface area contributed by atoms with Gasteiger partial charge in [-0.1, -0.05) is 0 Å². The minimum Gasteiger partial charge on any atom is -0.497 e. The Morgan fingerprint density at radius 2 is 2.00 bits per heavy atom. The zero-order valence-corrected chi connectivity index (χ0v) is 12.5. The van der Waals surface area contributed by atoms with Gasteiger partial charge in [-0.05, 0) is 24.3 Å². The van der Waals surface area contributed by atoms with E-state index in [0.29, 0.717) is 17.1 Å². The quantitative estimate of drug-likeness (QED) is 0.824. The average Bonchev–Trinajstić information content (AvgIpc) is 2.50. The fourth-order valence-corrected chi connectivity index (χ4v) is 2.06. The van der Waals surface area contributed by atoms with Crippen molar-refractivity contribution in [2.24, 2.45) is 0 Å². The van der Waals surface area contributed by atoms with Crippen LogP contribution in [0, 0.1) is 0 Å². The molecule has 0 saturated carbocycles. The summed E-state index contributed by atoms with van der Waals surface area (Å²) in [6.45, 7) is 0.959. The van der Waals surface area contributed by atoms with Crippen LogP contribution in [0.25, 0.3) is 6.08 Å². The zero-order chi connectivity index (χ0) is 16.3. The lowest BCUT2D eigenvalue weighted by atomic mass is 10.1. The smallest absolute Gasteiger partial charge is 0.277 e. The molecule has 3 amide bonds. The summed E-state index contributed by atoms with van der Waals surface area (Å²) in [5.41, 5.74) is 0.564. The Morgan fingerprint density at radius 3 is 2.59 bits per heavy atom. The molecule has 0 spiro atoms. The van der Waals surface area contributed by atoms with Gasteiger partial charge >= 0.3 is 0 Å². The summed E-state index contributed by atoms with van der Waals surface area (Å²) in [6.07, 6.45) is 1.46. The molecule has 7 heteroatoms. The third-order valence-corrected chi connectivity index (χ3v) is 3.17. The predicted octanol–water partition coefficient (Wildman–Crippen LogP) is 0.550. The van der Waals surface area contributed by atoms with Gasteiger partial charge in [0.15, 0.2) is 0 Å². The molecule has 1 N–H and O–H groups in total.